The molecule has 4 nitrogen and oxygen atoms in total. The molecule has 2 rings (SSSR count). The van der Waals surface area contributed by atoms with Crippen LogP contribution in [0.4, 0.5) is 5.69 Å². The number of anilines is 1. The molecule has 0 bridgehead atoms. The summed E-state index contributed by atoms with van der Waals surface area (Å²) in [5, 5.41) is 10.9. The Hall–Kier alpha value is -2.07. The van der Waals surface area contributed by atoms with E-state index in [1.165, 1.54) is 0 Å². The summed E-state index contributed by atoms with van der Waals surface area (Å²) in [6.45, 7) is 0. The van der Waals surface area contributed by atoms with Gasteiger partial charge in [0, 0.05) is 12.1 Å². The number of hydrogen-bond acceptors (Lipinski definition) is 3. The Morgan fingerprint density at radius 2 is 1.82 bits per heavy atom. The summed E-state index contributed by atoms with van der Waals surface area (Å²) in [7, 11) is 0. The van der Waals surface area contributed by atoms with Crippen molar-refractivity contribution < 1.29 is 9.90 Å². The summed E-state index contributed by atoms with van der Waals surface area (Å²) in [6, 6.07) is 10.6. The van der Waals surface area contributed by atoms with Gasteiger partial charge in [0.2, 0.25) is 0 Å². The van der Waals surface area contributed by atoms with Gasteiger partial charge in [0.1, 0.15) is 6.04 Å². The van der Waals surface area contributed by atoms with Gasteiger partial charge in [-0.3, -0.25) is 4.79 Å². The molecule has 2 aromatic carbocycles. The summed E-state index contributed by atoms with van der Waals surface area (Å²) in [5.41, 5.74) is 12.8. The number of carboxylic acid groups (broad SMARTS) is 1. The van der Waals surface area contributed by atoms with Crippen LogP contribution in [0.2, 0.25) is 0 Å². The number of rotatable bonds is 3. The Labute approximate surface area is 98.8 Å². The number of benzene rings is 2. The van der Waals surface area contributed by atoms with Crippen LogP contribution in [0.1, 0.15) is 5.56 Å². The average Bonchev–Trinajstić information content (AvgIpc) is 2.29. The van der Waals surface area contributed by atoms with Crippen LogP contribution in [0.25, 0.3) is 10.8 Å². The fraction of sp³-hybridized carbons (Fsp3) is 0.154. The molecule has 1 unspecified atom stereocenters. The molecule has 0 saturated carbocycles. The lowest BCUT2D eigenvalue weighted by Gasteiger charge is -2.10. The van der Waals surface area contributed by atoms with Crippen molar-refractivity contribution in [3.05, 3.63) is 42.0 Å². The normalized spacial score (nSPS) is 12.5. The minimum Gasteiger partial charge on any atom is -0.480 e. The number of carbonyl (C=O) groups is 1. The summed E-state index contributed by atoms with van der Waals surface area (Å²) in [6.07, 6.45) is 0.242. The molecule has 4 heteroatoms. The molecule has 0 spiro atoms. The van der Waals surface area contributed by atoms with Crippen molar-refractivity contribution in [2.24, 2.45) is 5.73 Å². The van der Waals surface area contributed by atoms with E-state index in [1.807, 2.05) is 36.4 Å². The lowest BCUT2D eigenvalue weighted by molar-refractivity contribution is -0.138. The van der Waals surface area contributed by atoms with E-state index in [-0.39, 0.29) is 6.42 Å². The Bertz CT molecular complexity index is 566. The maximum absolute atomic E-state index is 10.7. The first kappa shape index (κ1) is 11.4. The van der Waals surface area contributed by atoms with Crippen molar-refractivity contribution in [3.63, 3.8) is 0 Å². The number of nitrogen functional groups attached to an aromatic ring is 1. The molecule has 0 aliphatic carbocycles. The first-order valence-electron chi connectivity index (χ1n) is 5.33. The van der Waals surface area contributed by atoms with E-state index < -0.39 is 12.0 Å². The van der Waals surface area contributed by atoms with Crippen LogP contribution in [-0.2, 0) is 11.2 Å². The number of carboxylic acids is 1. The quantitative estimate of drug-likeness (QED) is 0.695. The van der Waals surface area contributed by atoms with Crippen molar-refractivity contribution in [1.29, 1.82) is 0 Å². The molecule has 2 aromatic rings. The fourth-order valence-corrected chi connectivity index (χ4v) is 1.81. The zero-order chi connectivity index (χ0) is 12.4. The Morgan fingerprint density at radius 3 is 2.41 bits per heavy atom. The first-order valence-corrected chi connectivity index (χ1v) is 5.33. The lowest BCUT2D eigenvalue weighted by atomic mass is 10.00. The molecular formula is C13H14N2O2. The predicted octanol–water partition coefficient (Wildman–Crippen LogP) is 1.38. The van der Waals surface area contributed by atoms with Gasteiger partial charge in [-0.05, 0) is 28.5 Å². The molecule has 0 saturated heterocycles. The van der Waals surface area contributed by atoms with Gasteiger partial charge in [-0.15, -0.1) is 0 Å². The monoisotopic (exact) mass is 230 g/mol. The van der Waals surface area contributed by atoms with E-state index in [1.54, 1.807) is 0 Å². The molecule has 0 aliphatic heterocycles. The van der Waals surface area contributed by atoms with E-state index in [0.29, 0.717) is 5.69 Å². The van der Waals surface area contributed by atoms with Crippen LogP contribution in [0, 0.1) is 0 Å². The standard InChI is InChI=1S/C13H14N2O2/c14-11-6-9-4-2-1-3-8(9)5-10(11)7-12(15)13(16)17/h1-6,12H,7,14-15H2,(H,16,17). The van der Waals surface area contributed by atoms with Crippen molar-refractivity contribution >= 4 is 22.4 Å². The average molecular weight is 230 g/mol. The maximum Gasteiger partial charge on any atom is 0.320 e. The van der Waals surface area contributed by atoms with Gasteiger partial charge in [-0.2, -0.15) is 0 Å². The number of aliphatic carboxylic acids is 1. The van der Waals surface area contributed by atoms with Crippen molar-refractivity contribution in [1.82, 2.24) is 0 Å². The van der Waals surface area contributed by atoms with Gasteiger partial charge >= 0.3 is 5.97 Å². The largest absolute Gasteiger partial charge is 0.480 e. The van der Waals surface area contributed by atoms with E-state index in [2.05, 4.69) is 0 Å². The molecule has 0 heterocycles. The number of nitrogens with two attached hydrogens (primary N) is 2. The summed E-state index contributed by atoms with van der Waals surface area (Å²) >= 11 is 0. The molecule has 0 aromatic heterocycles. The summed E-state index contributed by atoms with van der Waals surface area (Å²) in [4.78, 5) is 10.7. The van der Waals surface area contributed by atoms with E-state index in [0.717, 1.165) is 16.3 Å². The third-order valence-corrected chi connectivity index (χ3v) is 2.76. The summed E-state index contributed by atoms with van der Waals surface area (Å²) in [5.74, 6) is -1.02. The van der Waals surface area contributed by atoms with Crippen molar-refractivity contribution in [3.8, 4) is 0 Å². The zero-order valence-electron chi connectivity index (χ0n) is 9.26. The smallest absolute Gasteiger partial charge is 0.320 e. The second-order valence-corrected chi connectivity index (χ2v) is 4.05. The van der Waals surface area contributed by atoms with Crippen LogP contribution < -0.4 is 11.5 Å². The highest BCUT2D eigenvalue weighted by Crippen LogP contribution is 2.22. The Balaban J connectivity index is 2.40. The van der Waals surface area contributed by atoms with Crippen LogP contribution in [0.3, 0.4) is 0 Å². The fourth-order valence-electron chi connectivity index (χ4n) is 1.81. The van der Waals surface area contributed by atoms with E-state index >= 15 is 0 Å². The lowest BCUT2D eigenvalue weighted by Crippen LogP contribution is -2.32. The van der Waals surface area contributed by atoms with Crippen molar-refractivity contribution in [2.75, 3.05) is 5.73 Å². The zero-order valence-corrected chi connectivity index (χ0v) is 9.26. The number of fused-ring (bicyclic) bond motifs is 1. The molecule has 0 aliphatic rings. The van der Waals surface area contributed by atoms with Gasteiger partial charge in [-0.25, -0.2) is 0 Å². The van der Waals surface area contributed by atoms with Crippen LogP contribution >= 0.6 is 0 Å². The molecule has 0 radical (unpaired) electrons. The first-order chi connectivity index (χ1) is 8.08. The number of hydrogen-bond donors (Lipinski definition) is 3. The Morgan fingerprint density at radius 1 is 1.24 bits per heavy atom. The van der Waals surface area contributed by atoms with E-state index in [9.17, 15) is 4.79 Å². The SMILES string of the molecule is Nc1cc2ccccc2cc1CC(N)C(=O)O. The molecule has 88 valence electrons. The van der Waals surface area contributed by atoms with E-state index in [4.69, 9.17) is 16.6 Å². The Kier molecular flexibility index (Phi) is 2.97. The third-order valence-electron chi connectivity index (χ3n) is 2.76. The van der Waals surface area contributed by atoms with Gasteiger partial charge in [0.05, 0.1) is 0 Å². The molecule has 17 heavy (non-hydrogen) atoms. The minimum atomic E-state index is -1.02. The van der Waals surface area contributed by atoms with Crippen LogP contribution in [0.5, 0.6) is 0 Å². The minimum absolute atomic E-state index is 0.242. The van der Waals surface area contributed by atoms with Gasteiger partial charge < -0.3 is 16.6 Å². The van der Waals surface area contributed by atoms with Gasteiger partial charge in [0.15, 0.2) is 0 Å². The molecule has 0 amide bonds. The molecule has 0 fully saturated rings. The predicted molar refractivity (Wildman–Crippen MR) is 67.7 cm³/mol. The van der Waals surface area contributed by atoms with Crippen LogP contribution in [-0.4, -0.2) is 17.1 Å². The molecule has 5 N–H and O–H groups in total. The van der Waals surface area contributed by atoms with Gasteiger partial charge in [-0.1, -0.05) is 24.3 Å². The molecular weight excluding hydrogens is 216 g/mol. The second kappa shape index (κ2) is 4.43. The maximum atomic E-state index is 10.7. The molecule has 1 atom stereocenters. The van der Waals surface area contributed by atoms with Crippen LogP contribution in [0.15, 0.2) is 36.4 Å². The highest BCUT2D eigenvalue weighted by molar-refractivity contribution is 5.87. The van der Waals surface area contributed by atoms with Gasteiger partial charge in [0.25, 0.3) is 0 Å². The third kappa shape index (κ3) is 2.37. The topological polar surface area (TPSA) is 89.3 Å². The highest BCUT2D eigenvalue weighted by atomic mass is 16.4. The summed E-state index contributed by atoms with van der Waals surface area (Å²) < 4.78 is 0. The van der Waals surface area contributed by atoms with Crippen molar-refractivity contribution in [2.45, 2.75) is 12.5 Å². The highest BCUT2D eigenvalue weighted by Gasteiger charge is 2.14. The second-order valence-electron chi connectivity index (χ2n) is 4.05.